The maximum Gasteiger partial charge on any atom is 0.376 e. The molecule has 2 rings (SSSR count). The Kier molecular flexibility index (Phi) is 5.31. The summed E-state index contributed by atoms with van der Waals surface area (Å²) in [5.74, 6) is 0.274. The number of hydrogen-bond acceptors (Lipinski definition) is 5. The Morgan fingerprint density at radius 2 is 1.73 bits per heavy atom. The molecule has 6 nitrogen and oxygen atoms in total. The van der Waals surface area contributed by atoms with E-state index < -0.39 is 12.5 Å². The van der Waals surface area contributed by atoms with Crippen LogP contribution < -0.4 is 4.52 Å². The first-order chi connectivity index (χ1) is 10.5. The number of nitro benzene ring substituents is 1. The molecule has 0 aliphatic heterocycles. The summed E-state index contributed by atoms with van der Waals surface area (Å²) in [4.78, 5) is 10.1. The number of hydrogen-bond donors (Lipinski definition) is 0. The van der Waals surface area contributed by atoms with E-state index in [0.717, 1.165) is 5.56 Å². The highest BCUT2D eigenvalue weighted by Gasteiger charge is 2.19. The molecule has 1 atom stereocenters. The summed E-state index contributed by atoms with van der Waals surface area (Å²) in [5.41, 5.74) is 1.03. The molecule has 116 valence electrons. The third-order valence-corrected chi connectivity index (χ3v) is 4.07. The van der Waals surface area contributed by atoms with Crippen LogP contribution in [-0.4, -0.2) is 18.2 Å². The smallest absolute Gasteiger partial charge is 0.376 e. The quantitative estimate of drug-likeness (QED) is 0.436. The van der Waals surface area contributed by atoms with Crippen molar-refractivity contribution in [3.8, 4) is 5.75 Å². The molecule has 7 heteroatoms. The molecule has 0 spiro atoms. The van der Waals surface area contributed by atoms with Crippen molar-refractivity contribution in [2.24, 2.45) is 0 Å². The van der Waals surface area contributed by atoms with Crippen molar-refractivity contribution in [2.45, 2.75) is 6.42 Å². The SMILES string of the molecule is CP(=O)(OCCc1ccccc1)Oc1ccc([N+](=O)[O-])cc1. The Labute approximate surface area is 128 Å². The number of rotatable bonds is 7. The van der Waals surface area contributed by atoms with Gasteiger partial charge in [0, 0.05) is 18.8 Å². The maximum atomic E-state index is 12.2. The molecule has 0 aromatic heterocycles. The summed E-state index contributed by atoms with van der Waals surface area (Å²) < 4.78 is 22.8. The van der Waals surface area contributed by atoms with Crippen molar-refractivity contribution in [3.05, 3.63) is 70.3 Å². The van der Waals surface area contributed by atoms with Crippen molar-refractivity contribution < 1.29 is 18.5 Å². The van der Waals surface area contributed by atoms with Gasteiger partial charge in [0.1, 0.15) is 5.75 Å². The van der Waals surface area contributed by atoms with Gasteiger partial charge in [0.25, 0.3) is 5.69 Å². The zero-order valence-electron chi connectivity index (χ0n) is 12.0. The third kappa shape index (κ3) is 4.98. The lowest BCUT2D eigenvalue weighted by Crippen LogP contribution is -2.01. The first kappa shape index (κ1) is 16.2. The van der Waals surface area contributed by atoms with E-state index in [4.69, 9.17) is 9.05 Å². The molecule has 22 heavy (non-hydrogen) atoms. The fraction of sp³-hybridized carbons (Fsp3) is 0.200. The zero-order chi connectivity index (χ0) is 16.0. The van der Waals surface area contributed by atoms with E-state index in [1.165, 1.54) is 30.9 Å². The summed E-state index contributed by atoms with van der Waals surface area (Å²) >= 11 is 0. The molecular formula is C15H16NO5P. The zero-order valence-corrected chi connectivity index (χ0v) is 12.9. The Bertz CT molecular complexity index is 672. The Balaban J connectivity index is 1.87. The molecular weight excluding hydrogens is 305 g/mol. The predicted octanol–water partition coefficient (Wildman–Crippen LogP) is 4.06. The van der Waals surface area contributed by atoms with E-state index in [1.54, 1.807) is 0 Å². The number of non-ortho nitro benzene ring substituents is 1. The van der Waals surface area contributed by atoms with Gasteiger partial charge in [-0.15, -0.1) is 0 Å². The second-order valence-corrected chi connectivity index (χ2v) is 6.67. The standard InChI is InChI=1S/C15H16NO5P/c1-22(19,20-12-11-13-5-3-2-4-6-13)21-15-9-7-14(8-10-15)16(17)18/h2-10H,11-12H2,1H3. The van der Waals surface area contributed by atoms with Crippen LogP contribution in [0.5, 0.6) is 5.75 Å². The lowest BCUT2D eigenvalue weighted by atomic mass is 10.2. The van der Waals surface area contributed by atoms with E-state index in [9.17, 15) is 14.7 Å². The van der Waals surface area contributed by atoms with Crippen molar-refractivity contribution >= 4 is 13.3 Å². The van der Waals surface area contributed by atoms with Crippen LogP contribution in [0.25, 0.3) is 0 Å². The molecule has 0 bridgehead atoms. The molecule has 0 heterocycles. The van der Waals surface area contributed by atoms with Gasteiger partial charge < -0.3 is 4.52 Å². The van der Waals surface area contributed by atoms with E-state index in [2.05, 4.69) is 0 Å². The molecule has 0 N–H and O–H groups in total. The van der Waals surface area contributed by atoms with Gasteiger partial charge in [0.2, 0.25) is 0 Å². The van der Waals surface area contributed by atoms with E-state index >= 15 is 0 Å². The minimum Gasteiger partial charge on any atom is -0.425 e. The van der Waals surface area contributed by atoms with E-state index in [-0.39, 0.29) is 18.0 Å². The van der Waals surface area contributed by atoms with Gasteiger partial charge in [-0.1, -0.05) is 30.3 Å². The van der Waals surface area contributed by atoms with Gasteiger partial charge in [-0.3, -0.25) is 14.6 Å². The number of benzene rings is 2. The number of nitrogens with zero attached hydrogens (tertiary/aromatic N) is 1. The van der Waals surface area contributed by atoms with Crippen molar-refractivity contribution in [3.63, 3.8) is 0 Å². The largest absolute Gasteiger partial charge is 0.425 e. The summed E-state index contributed by atoms with van der Waals surface area (Å²) in [6.45, 7) is 1.64. The van der Waals surface area contributed by atoms with Crippen LogP contribution in [0.4, 0.5) is 5.69 Å². The highest BCUT2D eigenvalue weighted by Crippen LogP contribution is 2.44. The van der Waals surface area contributed by atoms with Crippen LogP contribution in [-0.2, 0) is 15.5 Å². The summed E-state index contributed by atoms with van der Waals surface area (Å²) in [7, 11) is -3.26. The van der Waals surface area contributed by atoms with E-state index in [1.807, 2.05) is 30.3 Å². The molecule has 0 radical (unpaired) electrons. The van der Waals surface area contributed by atoms with Crippen LogP contribution >= 0.6 is 7.60 Å². The maximum absolute atomic E-state index is 12.2. The Morgan fingerprint density at radius 1 is 1.09 bits per heavy atom. The monoisotopic (exact) mass is 321 g/mol. The second kappa shape index (κ2) is 7.20. The Hall–Kier alpha value is -2.17. The van der Waals surface area contributed by atoms with Gasteiger partial charge in [-0.25, -0.2) is 4.57 Å². The van der Waals surface area contributed by atoms with Gasteiger partial charge >= 0.3 is 7.60 Å². The van der Waals surface area contributed by atoms with Crippen LogP contribution in [0, 0.1) is 10.1 Å². The van der Waals surface area contributed by atoms with Crippen LogP contribution in [0.15, 0.2) is 54.6 Å². The predicted molar refractivity (Wildman–Crippen MR) is 83.4 cm³/mol. The highest BCUT2D eigenvalue weighted by molar-refractivity contribution is 7.53. The minimum absolute atomic E-state index is 0.0525. The van der Waals surface area contributed by atoms with Gasteiger partial charge in [0.05, 0.1) is 11.5 Å². The van der Waals surface area contributed by atoms with Gasteiger partial charge in [-0.05, 0) is 24.1 Å². The fourth-order valence-corrected chi connectivity index (χ4v) is 2.80. The minimum atomic E-state index is -3.26. The van der Waals surface area contributed by atoms with Crippen molar-refractivity contribution in [1.82, 2.24) is 0 Å². The summed E-state index contributed by atoms with van der Waals surface area (Å²) in [6.07, 6.45) is 0.627. The second-order valence-electron chi connectivity index (χ2n) is 4.68. The van der Waals surface area contributed by atoms with Crippen LogP contribution in [0.1, 0.15) is 5.56 Å². The van der Waals surface area contributed by atoms with Gasteiger partial charge in [0.15, 0.2) is 0 Å². The van der Waals surface area contributed by atoms with Crippen molar-refractivity contribution in [1.29, 1.82) is 0 Å². The molecule has 1 unspecified atom stereocenters. The lowest BCUT2D eigenvalue weighted by Gasteiger charge is -2.15. The van der Waals surface area contributed by atoms with Crippen LogP contribution in [0.3, 0.4) is 0 Å². The molecule has 2 aromatic carbocycles. The first-order valence-corrected chi connectivity index (χ1v) is 8.65. The molecule has 2 aromatic rings. The topological polar surface area (TPSA) is 78.7 Å². The molecule has 0 amide bonds. The number of nitro groups is 1. The summed E-state index contributed by atoms with van der Waals surface area (Å²) in [6, 6.07) is 15.1. The third-order valence-electron chi connectivity index (χ3n) is 2.88. The molecule has 0 aliphatic carbocycles. The van der Waals surface area contributed by atoms with Gasteiger partial charge in [-0.2, -0.15) is 0 Å². The first-order valence-electron chi connectivity index (χ1n) is 6.66. The average molecular weight is 321 g/mol. The molecule has 0 fully saturated rings. The van der Waals surface area contributed by atoms with Crippen LogP contribution in [0.2, 0.25) is 0 Å². The highest BCUT2D eigenvalue weighted by atomic mass is 31.2. The normalized spacial score (nSPS) is 13.3. The molecule has 0 aliphatic rings. The summed E-state index contributed by atoms with van der Waals surface area (Å²) in [5, 5.41) is 10.6. The van der Waals surface area contributed by atoms with Crippen molar-refractivity contribution in [2.75, 3.05) is 13.3 Å². The lowest BCUT2D eigenvalue weighted by molar-refractivity contribution is -0.384. The molecule has 0 saturated carbocycles. The average Bonchev–Trinajstić information content (AvgIpc) is 2.48. The van der Waals surface area contributed by atoms with E-state index in [0.29, 0.717) is 6.42 Å². The molecule has 0 saturated heterocycles. The Morgan fingerprint density at radius 3 is 2.32 bits per heavy atom. The fourth-order valence-electron chi connectivity index (χ4n) is 1.82.